The fourth-order valence-electron chi connectivity index (χ4n) is 1.92. The minimum absolute atomic E-state index is 0.114. The van der Waals surface area contributed by atoms with Gasteiger partial charge in [0.2, 0.25) is 0 Å². The van der Waals surface area contributed by atoms with E-state index < -0.39 is 0 Å². The third-order valence-electron chi connectivity index (χ3n) is 2.74. The van der Waals surface area contributed by atoms with Crippen LogP contribution in [0.15, 0.2) is 0 Å². The van der Waals surface area contributed by atoms with Crippen LogP contribution in [0.2, 0.25) is 0 Å². The molecule has 0 amide bonds. The van der Waals surface area contributed by atoms with Crippen molar-refractivity contribution in [3.63, 3.8) is 0 Å². The standard InChI is InChI=1S/C11H22N2O3/c1-3-16-11(14)4-6-13-7-5-12-8-10(13)9-15-2/h10,12H,3-9H2,1-2H3/t10-/m1/s1. The quantitative estimate of drug-likeness (QED) is 0.644. The van der Waals surface area contributed by atoms with Gasteiger partial charge in [-0.3, -0.25) is 9.69 Å². The van der Waals surface area contributed by atoms with E-state index in [9.17, 15) is 4.79 Å². The van der Waals surface area contributed by atoms with Crippen molar-refractivity contribution in [1.29, 1.82) is 0 Å². The van der Waals surface area contributed by atoms with Crippen molar-refractivity contribution in [2.75, 3.05) is 46.5 Å². The maximum absolute atomic E-state index is 11.3. The molecule has 0 aromatic rings. The van der Waals surface area contributed by atoms with Crippen LogP contribution in [0.25, 0.3) is 0 Å². The number of ether oxygens (including phenoxy) is 2. The fraction of sp³-hybridized carbons (Fsp3) is 0.909. The molecule has 1 heterocycles. The molecular weight excluding hydrogens is 208 g/mol. The number of esters is 1. The summed E-state index contributed by atoms with van der Waals surface area (Å²) in [6.07, 6.45) is 0.466. The summed E-state index contributed by atoms with van der Waals surface area (Å²) in [4.78, 5) is 13.5. The highest BCUT2D eigenvalue weighted by Gasteiger charge is 2.22. The van der Waals surface area contributed by atoms with Gasteiger partial charge in [0.1, 0.15) is 0 Å². The lowest BCUT2D eigenvalue weighted by Crippen LogP contribution is -2.53. The fourth-order valence-corrected chi connectivity index (χ4v) is 1.92. The van der Waals surface area contributed by atoms with Gasteiger partial charge in [-0.1, -0.05) is 0 Å². The van der Waals surface area contributed by atoms with E-state index in [0.717, 1.165) is 26.2 Å². The molecule has 0 aliphatic carbocycles. The summed E-state index contributed by atoms with van der Waals surface area (Å²) >= 11 is 0. The van der Waals surface area contributed by atoms with Crippen LogP contribution in [0, 0.1) is 0 Å². The van der Waals surface area contributed by atoms with Crippen LogP contribution in [0.3, 0.4) is 0 Å². The number of methoxy groups -OCH3 is 1. The Balaban J connectivity index is 2.29. The second-order valence-corrected chi connectivity index (χ2v) is 3.90. The third-order valence-corrected chi connectivity index (χ3v) is 2.74. The molecule has 0 bridgehead atoms. The van der Waals surface area contributed by atoms with Gasteiger partial charge in [0, 0.05) is 39.3 Å². The Morgan fingerprint density at radius 2 is 2.38 bits per heavy atom. The van der Waals surface area contributed by atoms with Crippen molar-refractivity contribution in [2.45, 2.75) is 19.4 Å². The zero-order valence-corrected chi connectivity index (χ0v) is 10.2. The summed E-state index contributed by atoms with van der Waals surface area (Å²) in [5, 5.41) is 3.32. The molecule has 0 saturated carbocycles. The van der Waals surface area contributed by atoms with Gasteiger partial charge in [-0.2, -0.15) is 0 Å². The molecule has 16 heavy (non-hydrogen) atoms. The largest absolute Gasteiger partial charge is 0.466 e. The molecule has 1 atom stereocenters. The summed E-state index contributed by atoms with van der Waals surface area (Å²) < 4.78 is 10.1. The molecule has 1 rings (SSSR count). The predicted octanol–water partition coefficient (Wildman–Crippen LogP) is -0.140. The summed E-state index contributed by atoms with van der Waals surface area (Å²) in [5.74, 6) is -0.114. The highest BCUT2D eigenvalue weighted by Crippen LogP contribution is 2.05. The molecule has 0 spiro atoms. The number of nitrogens with one attached hydrogen (secondary N) is 1. The summed E-state index contributed by atoms with van der Waals surface area (Å²) in [6.45, 7) is 6.62. The second kappa shape index (κ2) is 7.60. The van der Waals surface area contributed by atoms with Crippen LogP contribution < -0.4 is 5.32 Å². The van der Waals surface area contributed by atoms with Gasteiger partial charge in [0.05, 0.1) is 19.6 Å². The molecule has 0 aromatic heterocycles. The van der Waals surface area contributed by atoms with Crippen molar-refractivity contribution < 1.29 is 14.3 Å². The maximum Gasteiger partial charge on any atom is 0.307 e. The zero-order valence-electron chi connectivity index (χ0n) is 10.2. The van der Waals surface area contributed by atoms with Crippen LogP contribution in [0.4, 0.5) is 0 Å². The topological polar surface area (TPSA) is 50.8 Å². The van der Waals surface area contributed by atoms with Crippen molar-refractivity contribution in [3.05, 3.63) is 0 Å². The van der Waals surface area contributed by atoms with E-state index in [-0.39, 0.29) is 5.97 Å². The molecular formula is C11H22N2O3. The lowest BCUT2D eigenvalue weighted by molar-refractivity contribution is -0.143. The van der Waals surface area contributed by atoms with Crippen molar-refractivity contribution in [1.82, 2.24) is 10.2 Å². The van der Waals surface area contributed by atoms with Crippen LogP contribution in [-0.4, -0.2) is 63.4 Å². The van der Waals surface area contributed by atoms with Gasteiger partial charge in [0.25, 0.3) is 0 Å². The first-order chi connectivity index (χ1) is 7.77. The number of nitrogens with zero attached hydrogens (tertiary/aromatic N) is 1. The highest BCUT2D eigenvalue weighted by atomic mass is 16.5. The van der Waals surface area contributed by atoms with Crippen LogP contribution >= 0.6 is 0 Å². The Kier molecular flexibility index (Phi) is 6.37. The number of carbonyl (C=O) groups is 1. The number of piperazine rings is 1. The maximum atomic E-state index is 11.3. The molecule has 5 nitrogen and oxygen atoms in total. The van der Waals surface area contributed by atoms with Gasteiger partial charge < -0.3 is 14.8 Å². The Morgan fingerprint density at radius 1 is 1.56 bits per heavy atom. The average Bonchev–Trinajstić information content (AvgIpc) is 2.29. The summed E-state index contributed by atoms with van der Waals surface area (Å²) in [7, 11) is 1.71. The van der Waals surface area contributed by atoms with Gasteiger partial charge in [-0.15, -0.1) is 0 Å². The third kappa shape index (κ3) is 4.47. The lowest BCUT2D eigenvalue weighted by Gasteiger charge is -2.35. The Bertz CT molecular complexity index is 209. The van der Waals surface area contributed by atoms with Gasteiger partial charge >= 0.3 is 5.97 Å². The van der Waals surface area contributed by atoms with E-state index in [2.05, 4.69) is 10.2 Å². The van der Waals surface area contributed by atoms with E-state index in [1.807, 2.05) is 6.92 Å². The van der Waals surface area contributed by atoms with E-state index in [0.29, 0.717) is 25.7 Å². The van der Waals surface area contributed by atoms with Gasteiger partial charge in [0.15, 0.2) is 0 Å². The first kappa shape index (κ1) is 13.4. The zero-order chi connectivity index (χ0) is 11.8. The second-order valence-electron chi connectivity index (χ2n) is 3.90. The number of hydrogen-bond donors (Lipinski definition) is 1. The lowest BCUT2D eigenvalue weighted by atomic mass is 10.2. The Hall–Kier alpha value is -0.650. The average molecular weight is 230 g/mol. The molecule has 1 aliphatic rings. The van der Waals surface area contributed by atoms with Crippen LogP contribution in [0.5, 0.6) is 0 Å². The first-order valence-corrected chi connectivity index (χ1v) is 5.87. The van der Waals surface area contributed by atoms with Gasteiger partial charge in [-0.05, 0) is 6.92 Å². The summed E-state index contributed by atoms with van der Waals surface area (Å²) in [5.41, 5.74) is 0. The Morgan fingerprint density at radius 3 is 3.06 bits per heavy atom. The molecule has 5 heteroatoms. The Labute approximate surface area is 97.1 Å². The van der Waals surface area contributed by atoms with Gasteiger partial charge in [-0.25, -0.2) is 0 Å². The predicted molar refractivity (Wildman–Crippen MR) is 61.4 cm³/mol. The smallest absolute Gasteiger partial charge is 0.307 e. The van der Waals surface area contributed by atoms with Crippen LogP contribution in [0.1, 0.15) is 13.3 Å². The van der Waals surface area contributed by atoms with E-state index >= 15 is 0 Å². The van der Waals surface area contributed by atoms with Crippen molar-refractivity contribution >= 4 is 5.97 Å². The number of carbonyl (C=O) groups excluding carboxylic acids is 1. The molecule has 0 radical (unpaired) electrons. The van der Waals surface area contributed by atoms with Crippen molar-refractivity contribution in [3.8, 4) is 0 Å². The minimum atomic E-state index is -0.114. The highest BCUT2D eigenvalue weighted by molar-refractivity contribution is 5.69. The molecule has 1 aliphatic heterocycles. The molecule has 0 aromatic carbocycles. The van der Waals surface area contributed by atoms with E-state index in [4.69, 9.17) is 9.47 Å². The molecule has 1 fully saturated rings. The van der Waals surface area contributed by atoms with Crippen LogP contribution in [-0.2, 0) is 14.3 Å². The minimum Gasteiger partial charge on any atom is -0.466 e. The monoisotopic (exact) mass is 230 g/mol. The first-order valence-electron chi connectivity index (χ1n) is 5.87. The summed E-state index contributed by atoms with van der Waals surface area (Å²) in [6, 6.07) is 0.369. The number of rotatable bonds is 6. The van der Waals surface area contributed by atoms with Crippen molar-refractivity contribution in [2.24, 2.45) is 0 Å². The molecule has 0 unspecified atom stereocenters. The molecule has 94 valence electrons. The normalized spacial score (nSPS) is 22.0. The molecule has 1 saturated heterocycles. The van der Waals surface area contributed by atoms with E-state index in [1.165, 1.54) is 0 Å². The SMILES string of the molecule is CCOC(=O)CCN1CCNC[C@@H]1COC. The van der Waals surface area contributed by atoms with E-state index in [1.54, 1.807) is 7.11 Å². The molecule has 1 N–H and O–H groups in total. The number of hydrogen-bond acceptors (Lipinski definition) is 5.